The lowest BCUT2D eigenvalue weighted by molar-refractivity contribution is 0.558. The summed E-state index contributed by atoms with van der Waals surface area (Å²) in [6.07, 6.45) is 9.74. The molecule has 0 aliphatic heterocycles. The third-order valence-corrected chi connectivity index (χ3v) is 1.78. The highest BCUT2D eigenvalue weighted by molar-refractivity contribution is 7.07. The van der Waals surface area contributed by atoms with Crippen molar-refractivity contribution < 1.29 is 4.42 Å². The summed E-state index contributed by atoms with van der Waals surface area (Å²) in [5, 5.41) is 1.93. The van der Waals surface area contributed by atoms with Crippen molar-refractivity contribution in [2.24, 2.45) is 0 Å². The molecule has 0 aliphatic carbocycles. The molecule has 3 aromatic rings. The third kappa shape index (κ3) is 7.40. The van der Waals surface area contributed by atoms with Crippen LogP contribution in [0.3, 0.4) is 0 Å². The Morgan fingerprint density at radius 3 is 1.88 bits per heavy atom. The molecule has 4 nitrogen and oxygen atoms in total. The molecular formula is C11H11N3OS. The van der Waals surface area contributed by atoms with Crippen LogP contribution in [0.25, 0.3) is 0 Å². The number of hydrogen-bond acceptors (Lipinski definition) is 5. The molecule has 3 aromatic heterocycles. The zero-order valence-corrected chi connectivity index (χ0v) is 9.33. The normalized spacial score (nSPS) is 8.00. The summed E-state index contributed by atoms with van der Waals surface area (Å²) in [5.74, 6) is 0. The minimum atomic E-state index is 1.38. The van der Waals surface area contributed by atoms with Crippen molar-refractivity contribution in [1.82, 2.24) is 15.0 Å². The second-order valence-corrected chi connectivity index (χ2v) is 3.13. The van der Waals surface area contributed by atoms with Gasteiger partial charge in [0, 0.05) is 24.0 Å². The second-order valence-electron chi connectivity index (χ2n) is 2.38. The third-order valence-electron chi connectivity index (χ3n) is 1.26. The summed E-state index contributed by atoms with van der Waals surface area (Å²) in [4.78, 5) is 11.1. The van der Waals surface area contributed by atoms with Gasteiger partial charge in [-0.25, -0.2) is 4.98 Å². The predicted octanol–water partition coefficient (Wildman–Crippen LogP) is 2.90. The quantitative estimate of drug-likeness (QED) is 0.599. The summed E-state index contributed by atoms with van der Waals surface area (Å²) in [6.45, 7) is 0. The molecule has 0 aliphatic rings. The van der Waals surface area contributed by atoms with Crippen LogP contribution >= 0.6 is 11.3 Å². The maximum absolute atomic E-state index is 4.47. The number of nitrogens with zero attached hydrogens (tertiary/aromatic N) is 3. The van der Waals surface area contributed by atoms with Gasteiger partial charge in [-0.1, -0.05) is 6.07 Å². The van der Waals surface area contributed by atoms with E-state index in [1.165, 1.54) is 12.7 Å². The Morgan fingerprint density at radius 1 is 0.812 bits per heavy atom. The van der Waals surface area contributed by atoms with Crippen LogP contribution in [-0.2, 0) is 0 Å². The van der Waals surface area contributed by atoms with Crippen LogP contribution in [0.15, 0.2) is 71.0 Å². The van der Waals surface area contributed by atoms with Crippen LogP contribution in [0.4, 0.5) is 0 Å². The molecule has 16 heavy (non-hydrogen) atoms. The van der Waals surface area contributed by atoms with Gasteiger partial charge in [0.1, 0.15) is 6.26 Å². The van der Waals surface area contributed by atoms with Gasteiger partial charge < -0.3 is 4.42 Å². The monoisotopic (exact) mass is 233 g/mol. The molecule has 5 heteroatoms. The fraction of sp³-hybridized carbons (Fsp3) is 0. The van der Waals surface area contributed by atoms with E-state index in [1.807, 2.05) is 23.6 Å². The molecule has 0 bridgehead atoms. The zero-order chi connectivity index (χ0) is 11.3. The molecule has 82 valence electrons. The van der Waals surface area contributed by atoms with Gasteiger partial charge in [0.2, 0.25) is 0 Å². The van der Waals surface area contributed by atoms with E-state index in [-0.39, 0.29) is 0 Å². The number of oxazole rings is 1. The number of thiazole rings is 1. The summed E-state index contributed by atoms with van der Waals surface area (Å²) in [7, 11) is 0. The Hall–Kier alpha value is -2.01. The predicted molar refractivity (Wildman–Crippen MR) is 62.9 cm³/mol. The van der Waals surface area contributed by atoms with Gasteiger partial charge in [0.05, 0.1) is 11.7 Å². The number of hydrogen-bond donors (Lipinski definition) is 0. The van der Waals surface area contributed by atoms with E-state index >= 15 is 0 Å². The first kappa shape index (κ1) is 12.1. The summed E-state index contributed by atoms with van der Waals surface area (Å²) >= 11 is 1.60. The molecule has 0 amide bonds. The highest BCUT2D eigenvalue weighted by atomic mass is 32.1. The van der Waals surface area contributed by atoms with E-state index in [9.17, 15) is 0 Å². The molecule has 0 saturated carbocycles. The van der Waals surface area contributed by atoms with E-state index < -0.39 is 0 Å². The van der Waals surface area contributed by atoms with E-state index in [0.29, 0.717) is 0 Å². The van der Waals surface area contributed by atoms with Crippen LogP contribution in [0.2, 0.25) is 0 Å². The molecule has 0 spiro atoms. The Kier molecular flexibility index (Phi) is 7.19. The van der Waals surface area contributed by atoms with Gasteiger partial charge in [-0.2, -0.15) is 0 Å². The van der Waals surface area contributed by atoms with Gasteiger partial charge in [-0.15, -0.1) is 11.3 Å². The van der Waals surface area contributed by atoms with Gasteiger partial charge in [-0.3, -0.25) is 9.97 Å². The Bertz CT molecular complexity index is 313. The molecule has 3 heterocycles. The van der Waals surface area contributed by atoms with E-state index in [0.717, 1.165) is 0 Å². The lowest BCUT2D eigenvalue weighted by atomic mass is 10.5. The minimum absolute atomic E-state index is 1.38. The molecule has 0 aromatic carbocycles. The summed E-state index contributed by atoms with van der Waals surface area (Å²) in [6, 6.07) is 5.72. The smallest absolute Gasteiger partial charge is 0.180 e. The number of rotatable bonds is 0. The molecule has 3 rings (SSSR count). The van der Waals surface area contributed by atoms with E-state index in [1.54, 1.807) is 41.6 Å². The zero-order valence-electron chi connectivity index (χ0n) is 8.51. The van der Waals surface area contributed by atoms with Crippen LogP contribution < -0.4 is 0 Å². The van der Waals surface area contributed by atoms with Gasteiger partial charge in [-0.05, 0) is 12.1 Å². The van der Waals surface area contributed by atoms with Crippen molar-refractivity contribution in [3.8, 4) is 0 Å². The van der Waals surface area contributed by atoms with Crippen molar-refractivity contribution in [2.75, 3.05) is 0 Å². The molecule has 0 radical (unpaired) electrons. The standard InChI is InChI=1S/C5H5N.C3H3NO.C3H3NS/c1-2-4-6-5-3-1;2*1-2-5-3-4-1/h1-5H;2*1-3H. The van der Waals surface area contributed by atoms with Crippen LogP contribution in [0.1, 0.15) is 0 Å². The van der Waals surface area contributed by atoms with Crippen molar-refractivity contribution in [2.45, 2.75) is 0 Å². The highest BCUT2D eigenvalue weighted by Gasteiger charge is 1.60. The van der Waals surface area contributed by atoms with Crippen LogP contribution in [0, 0.1) is 0 Å². The maximum atomic E-state index is 4.47. The lowest BCUT2D eigenvalue weighted by Gasteiger charge is -1.70. The van der Waals surface area contributed by atoms with E-state index in [2.05, 4.69) is 19.4 Å². The highest BCUT2D eigenvalue weighted by Crippen LogP contribution is 1.85. The molecule has 0 atom stereocenters. The molecular weight excluding hydrogens is 222 g/mol. The van der Waals surface area contributed by atoms with Crippen molar-refractivity contribution in [3.05, 3.63) is 66.5 Å². The average molecular weight is 233 g/mol. The summed E-state index contributed by atoms with van der Waals surface area (Å²) in [5.41, 5.74) is 1.79. The van der Waals surface area contributed by atoms with Crippen molar-refractivity contribution in [1.29, 1.82) is 0 Å². The van der Waals surface area contributed by atoms with Gasteiger partial charge in [0.25, 0.3) is 0 Å². The fourth-order valence-corrected chi connectivity index (χ4v) is 1.02. The number of aromatic nitrogens is 3. The molecule has 0 N–H and O–H groups in total. The lowest BCUT2D eigenvalue weighted by Crippen LogP contribution is -1.58. The minimum Gasteiger partial charge on any atom is -0.452 e. The first-order valence-corrected chi connectivity index (χ1v) is 5.43. The first-order valence-electron chi connectivity index (χ1n) is 4.49. The molecule has 0 fully saturated rings. The van der Waals surface area contributed by atoms with Crippen LogP contribution in [-0.4, -0.2) is 15.0 Å². The summed E-state index contributed by atoms with van der Waals surface area (Å²) < 4.78 is 4.47. The maximum Gasteiger partial charge on any atom is 0.180 e. The Labute approximate surface area is 97.7 Å². The number of pyridine rings is 1. The SMILES string of the molecule is c1ccncc1.c1cocn1.c1cscn1. The Balaban J connectivity index is 0.000000121. The van der Waals surface area contributed by atoms with Crippen molar-refractivity contribution >= 4 is 11.3 Å². The molecule has 0 unspecified atom stereocenters. The van der Waals surface area contributed by atoms with Crippen molar-refractivity contribution in [3.63, 3.8) is 0 Å². The van der Waals surface area contributed by atoms with Gasteiger partial charge in [0.15, 0.2) is 6.39 Å². The van der Waals surface area contributed by atoms with Gasteiger partial charge >= 0.3 is 0 Å². The van der Waals surface area contributed by atoms with Crippen LogP contribution in [0.5, 0.6) is 0 Å². The largest absolute Gasteiger partial charge is 0.452 e. The van der Waals surface area contributed by atoms with E-state index in [4.69, 9.17) is 0 Å². The fourth-order valence-electron chi connectivity index (χ4n) is 0.664. The molecule has 0 saturated heterocycles. The average Bonchev–Trinajstić information content (AvgIpc) is 3.10. The first-order chi connectivity index (χ1) is 8.00. The Morgan fingerprint density at radius 2 is 1.69 bits per heavy atom. The second kappa shape index (κ2) is 9.54. The topological polar surface area (TPSA) is 51.8 Å².